The van der Waals surface area contributed by atoms with E-state index in [1.807, 2.05) is 0 Å². The lowest BCUT2D eigenvalue weighted by Crippen LogP contribution is -2.01. The number of rotatable bonds is 3. The second-order valence-corrected chi connectivity index (χ2v) is 4.52. The minimum atomic E-state index is -4.30. The van der Waals surface area contributed by atoms with E-state index < -0.39 is 21.7 Å². The summed E-state index contributed by atoms with van der Waals surface area (Å²) in [7, 11) is -7.44. The Balaban J connectivity index is 4.14. The summed E-state index contributed by atoms with van der Waals surface area (Å²) in [5, 5.41) is 8.45. The van der Waals surface area contributed by atoms with Crippen LogP contribution >= 0.6 is 15.9 Å². The first-order valence-corrected chi connectivity index (χ1v) is 5.00. The summed E-state index contributed by atoms with van der Waals surface area (Å²) in [6, 6.07) is 0. The van der Waals surface area contributed by atoms with Gasteiger partial charge < -0.3 is 10.00 Å². The molecule has 3 N–H and O–H groups in total. The summed E-state index contributed by atoms with van der Waals surface area (Å²) in [4.78, 5) is 16.5. The Morgan fingerprint density at radius 2 is 2.10 bits per heavy atom. The van der Waals surface area contributed by atoms with E-state index in [1.54, 1.807) is 0 Å². The molecular weight excluding hydrogens is 182 g/mol. The lowest BCUT2D eigenvalue weighted by Gasteiger charge is -2.04. The third kappa shape index (κ3) is 3.37. The Labute approximate surface area is 57.9 Å². The molecule has 10 heavy (non-hydrogen) atoms. The topological polar surface area (TPSA) is 104 Å². The van der Waals surface area contributed by atoms with Crippen molar-refractivity contribution < 1.29 is 28.3 Å². The van der Waals surface area contributed by atoms with Crippen LogP contribution in [-0.4, -0.2) is 20.7 Å². The van der Waals surface area contributed by atoms with Gasteiger partial charge in [-0.1, -0.05) is 0 Å². The molecule has 6 nitrogen and oxygen atoms in total. The van der Waals surface area contributed by atoms with Crippen molar-refractivity contribution in [1.82, 2.24) is 0 Å². The van der Waals surface area contributed by atoms with Gasteiger partial charge in [0.15, 0.2) is 5.85 Å². The molecule has 0 aromatic carbocycles. The van der Waals surface area contributed by atoms with E-state index in [4.69, 9.17) is 14.9 Å². The summed E-state index contributed by atoms with van der Waals surface area (Å²) < 4.78 is 23.9. The molecule has 0 bridgehead atoms. The fraction of sp³-hybridized carbons (Fsp3) is 1.00. The van der Waals surface area contributed by atoms with Gasteiger partial charge >= 0.3 is 15.9 Å². The molecule has 3 atom stereocenters. The van der Waals surface area contributed by atoms with Gasteiger partial charge in [-0.2, -0.15) is 0 Å². The average Bonchev–Trinajstić information content (AvgIpc) is 1.60. The normalized spacial score (nSPS) is 21.4. The first-order chi connectivity index (χ1) is 4.36. The molecule has 0 spiro atoms. The van der Waals surface area contributed by atoms with Crippen LogP contribution in [-0.2, 0) is 13.4 Å². The maximum Gasteiger partial charge on any atom is 0.703 e. The van der Waals surface area contributed by atoms with E-state index in [1.165, 1.54) is 0 Å². The molecule has 3 unspecified atom stereocenters. The predicted molar refractivity (Wildman–Crippen MR) is 32.4 cm³/mol. The van der Waals surface area contributed by atoms with Crippen LogP contribution < -0.4 is 0 Å². The lowest BCUT2D eigenvalue weighted by molar-refractivity contribution is 0.219. The second-order valence-electron chi connectivity index (χ2n) is 1.52. The van der Waals surface area contributed by atoms with E-state index in [2.05, 4.69) is 4.31 Å². The number of hydrogen-bond donors (Lipinski definition) is 3. The largest absolute Gasteiger partial charge is 0.703 e. The summed E-state index contributed by atoms with van der Waals surface area (Å²) >= 11 is 0. The highest BCUT2D eigenvalue weighted by molar-refractivity contribution is 7.60. The monoisotopic (exact) mass is 189 g/mol. The van der Waals surface area contributed by atoms with E-state index in [0.29, 0.717) is 0 Å². The van der Waals surface area contributed by atoms with Crippen LogP contribution in [0.1, 0.15) is 6.92 Å². The van der Waals surface area contributed by atoms with Crippen molar-refractivity contribution >= 4 is 15.9 Å². The van der Waals surface area contributed by atoms with E-state index >= 15 is 0 Å². The highest BCUT2D eigenvalue weighted by atomic mass is 31.2. The molecule has 0 amide bonds. The maximum absolute atomic E-state index is 10.5. The predicted octanol–water partition coefficient (Wildman–Crippen LogP) is 0.176. The summed E-state index contributed by atoms with van der Waals surface area (Å²) in [6.07, 6.45) is 0. The fourth-order valence-electron chi connectivity index (χ4n) is 0.168. The van der Waals surface area contributed by atoms with Crippen molar-refractivity contribution in [2.45, 2.75) is 12.8 Å². The third-order valence-corrected chi connectivity index (χ3v) is 3.10. The van der Waals surface area contributed by atoms with Crippen LogP contribution in [0, 0.1) is 0 Å². The molecule has 60 valence electrons. The highest BCUT2D eigenvalue weighted by Gasteiger charge is 2.37. The van der Waals surface area contributed by atoms with Crippen molar-refractivity contribution in [3.63, 3.8) is 0 Å². The molecule has 8 heteroatoms. The van der Waals surface area contributed by atoms with Crippen LogP contribution in [0.5, 0.6) is 0 Å². The fourth-order valence-corrected chi connectivity index (χ4v) is 1.51. The van der Waals surface area contributed by atoms with Gasteiger partial charge in [0.2, 0.25) is 0 Å². The van der Waals surface area contributed by atoms with Crippen molar-refractivity contribution in [1.29, 1.82) is 0 Å². The standard InChI is InChI=1S/C2H6O6P2/c1-2(3)10(6,7)8-9(4)5/h2-3H,1H3,(H-,4,5,6,7)/p+1. The van der Waals surface area contributed by atoms with Crippen molar-refractivity contribution in [3.8, 4) is 0 Å². The smallest absolute Gasteiger partial charge is 0.381 e. The molecule has 0 radical (unpaired) electrons. The first kappa shape index (κ1) is 10.2. The molecule has 0 heterocycles. The van der Waals surface area contributed by atoms with Crippen LogP contribution in [0.25, 0.3) is 0 Å². The Kier molecular flexibility index (Phi) is 3.59. The van der Waals surface area contributed by atoms with Gasteiger partial charge in [0.25, 0.3) is 0 Å². The van der Waals surface area contributed by atoms with E-state index in [-0.39, 0.29) is 0 Å². The van der Waals surface area contributed by atoms with Crippen LogP contribution in [0.3, 0.4) is 0 Å². The SMILES string of the molecule is CC(O)P(=O)(O)O[P+](=O)O. The Bertz CT molecular complexity index is 175. The molecule has 0 rings (SSSR count). The molecule has 0 aliphatic rings. The maximum atomic E-state index is 10.5. The Hall–Kier alpha value is 0.170. The van der Waals surface area contributed by atoms with Gasteiger partial charge in [0.1, 0.15) is 0 Å². The highest BCUT2D eigenvalue weighted by Crippen LogP contribution is 2.52. The zero-order chi connectivity index (χ0) is 8.36. The first-order valence-electron chi connectivity index (χ1n) is 2.22. The van der Waals surface area contributed by atoms with Gasteiger partial charge in [0, 0.05) is 4.57 Å². The molecule has 0 aromatic rings. The number of aliphatic hydroxyl groups is 1. The average molecular weight is 189 g/mol. The van der Waals surface area contributed by atoms with Crippen LogP contribution in [0.4, 0.5) is 0 Å². The molecule has 0 saturated carbocycles. The third-order valence-electron chi connectivity index (χ3n) is 0.659. The molecular formula is C2H7O6P2+. The molecule has 0 aromatic heterocycles. The van der Waals surface area contributed by atoms with Gasteiger partial charge in [-0.3, -0.25) is 4.57 Å². The molecule has 0 aliphatic heterocycles. The quantitative estimate of drug-likeness (QED) is 0.547. The molecule has 0 saturated heterocycles. The van der Waals surface area contributed by atoms with E-state index in [9.17, 15) is 9.13 Å². The summed E-state index contributed by atoms with van der Waals surface area (Å²) in [6.45, 7) is 0.986. The minimum Gasteiger partial charge on any atom is -0.381 e. The molecule has 0 aliphatic carbocycles. The van der Waals surface area contributed by atoms with Crippen molar-refractivity contribution in [2.24, 2.45) is 0 Å². The molecule has 0 fully saturated rings. The van der Waals surface area contributed by atoms with Crippen molar-refractivity contribution in [3.05, 3.63) is 0 Å². The zero-order valence-electron chi connectivity index (χ0n) is 5.04. The van der Waals surface area contributed by atoms with Gasteiger partial charge in [-0.25, -0.2) is 0 Å². The van der Waals surface area contributed by atoms with Gasteiger partial charge in [-0.05, 0) is 11.2 Å². The Morgan fingerprint density at radius 3 is 2.20 bits per heavy atom. The Morgan fingerprint density at radius 1 is 1.70 bits per heavy atom. The van der Waals surface area contributed by atoms with Gasteiger partial charge in [0.05, 0.1) is 0 Å². The minimum absolute atomic E-state index is 0.986. The zero-order valence-corrected chi connectivity index (χ0v) is 6.83. The number of hydrogen-bond acceptors (Lipinski definition) is 4. The van der Waals surface area contributed by atoms with Crippen molar-refractivity contribution in [2.75, 3.05) is 0 Å². The lowest BCUT2D eigenvalue weighted by atomic mass is 10.9. The summed E-state index contributed by atoms with van der Waals surface area (Å²) in [5.41, 5.74) is 0. The number of aliphatic hydroxyl groups excluding tert-OH is 1. The second kappa shape index (κ2) is 3.53. The van der Waals surface area contributed by atoms with E-state index in [0.717, 1.165) is 6.92 Å². The van der Waals surface area contributed by atoms with Crippen LogP contribution in [0.2, 0.25) is 0 Å². The van der Waals surface area contributed by atoms with Crippen LogP contribution in [0.15, 0.2) is 0 Å². The van der Waals surface area contributed by atoms with Gasteiger partial charge in [-0.15, -0.1) is 4.89 Å². The summed E-state index contributed by atoms with van der Waals surface area (Å²) in [5.74, 6) is -1.65.